The number of nitrogens with one attached hydrogen (secondary N) is 1. The SMILES string of the molecule is CC1CCNC(c2ccc(C#N)cc2)CS1=O. The lowest BCUT2D eigenvalue weighted by Crippen LogP contribution is -2.23. The third-order valence-corrected chi connectivity index (χ3v) is 4.96. The first kappa shape index (κ1) is 12.3. The zero-order valence-corrected chi connectivity index (χ0v) is 10.7. The highest BCUT2D eigenvalue weighted by atomic mass is 32.2. The minimum absolute atomic E-state index is 0.147. The lowest BCUT2D eigenvalue weighted by Gasteiger charge is -2.15. The van der Waals surface area contributed by atoms with Crippen molar-refractivity contribution in [1.29, 1.82) is 5.26 Å². The summed E-state index contributed by atoms with van der Waals surface area (Å²) in [5.74, 6) is 0.660. The molecule has 1 heterocycles. The molecule has 1 aliphatic heterocycles. The van der Waals surface area contributed by atoms with E-state index in [1.165, 1.54) is 0 Å². The molecule has 3 unspecified atom stereocenters. The first-order valence-electron chi connectivity index (χ1n) is 5.81. The molecule has 0 aliphatic carbocycles. The van der Waals surface area contributed by atoms with Crippen LogP contribution in [-0.2, 0) is 10.8 Å². The Morgan fingerprint density at radius 2 is 2.12 bits per heavy atom. The van der Waals surface area contributed by atoms with Crippen LogP contribution in [-0.4, -0.2) is 21.8 Å². The fourth-order valence-electron chi connectivity index (χ4n) is 1.98. The van der Waals surface area contributed by atoms with Crippen molar-refractivity contribution in [3.63, 3.8) is 0 Å². The van der Waals surface area contributed by atoms with Crippen LogP contribution >= 0.6 is 0 Å². The highest BCUT2D eigenvalue weighted by Crippen LogP contribution is 2.19. The summed E-state index contributed by atoms with van der Waals surface area (Å²) < 4.78 is 11.9. The normalized spacial score (nSPS) is 29.3. The highest BCUT2D eigenvalue weighted by Gasteiger charge is 2.22. The molecule has 90 valence electrons. The lowest BCUT2D eigenvalue weighted by atomic mass is 10.1. The molecule has 0 saturated carbocycles. The van der Waals surface area contributed by atoms with Crippen molar-refractivity contribution in [2.75, 3.05) is 12.3 Å². The number of benzene rings is 1. The summed E-state index contributed by atoms with van der Waals surface area (Å²) in [4.78, 5) is 0. The Labute approximate surface area is 104 Å². The van der Waals surface area contributed by atoms with Crippen LogP contribution in [0, 0.1) is 11.3 Å². The molecule has 0 aromatic heterocycles. The molecule has 1 aromatic carbocycles. The van der Waals surface area contributed by atoms with Crippen LogP contribution in [0.1, 0.15) is 30.5 Å². The largest absolute Gasteiger partial charge is 0.309 e. The molecule has 2 rings (SSSR count). The van der Waals surface area contributed by atoms with Gasteiger partial charge in [0.05, 0.1) is 11.6 Å². The van der Waals surface area contributed by atoms with Gasteiger partial charge in [0.25, 0.3) is 0 Å². The maximum absolute atomic E-state index is 11.9. The van der Waals surface area contributed by atoms with E-state index in [1.54, 1.807) is 0 Å². The molecule has 1 aromatic rings. The number of hydrogen-bond acceptors (Lipinski definition) is 3. The third kappa shape index (κ3) is 2.93. The smallest absolute Gasteiger partial charge is 0.0991 e. The van der Waals surface area contributed by atoms with Gasteiger partial charge in [0.1, 0.15) is 0 Å². The standard InChI is InChI=1S/C13H16N2OS/c1-10-6-7-15-13(9-17(10)16)12-4-2-11(8-14)3-5-12/h2-5,10,13,15H,6-7,9H2,1H3. The molecule has 3 atom stereocenters. The zero-order chi connectivity index (χ0) is 12.3. The molecule has 0 radical (unpaired) electrons. The van der Waals surface area contributed by atoms with E-state index < -0.39 is 10.8 Å². The van der Waals surface area contributed by atoms with Gasteiger partial charge in [-0.25, -0.2) is 0 Å². The number of nitriles is 1. The molecule has 1 aliphatic rings. The van der Waals surface area contributed by atoms with Crippen LogP contribution in [0.3, 0.4) is 0 Å². The quantitative estimate of drug-likeness (QED) is 0.823. The average Bonchev–Trinajstić information content (AvgIpc) is 2.52. The van der Waals surface area contributed by atoms with Crippen molar-refractivity contribution in [1.82, 2.24) is 5.32 Å². The van der Waals surface area contributed by atoms with Crippen molar-refractivity contribution < 1.29 is 4.21 Å². The van der Waals surface area contributed by atoms with Gasteiger partial charge in [-0.1, -0.05) is 19.1 Å². The fourth-order valence-corrected chi connectivity index (χ4v) is 3.33. The second kappa shape index (κ2) is 5.44. The van der Waals surface area contributed by atoms with E-state index in [2.05, 4.69) is 11.4 Å². The molecule has 4 heteroatoms. The van der Waals surface area contributed by atoms with Crippen LogP contribution < -0.4 is 5.32 Å². The van der Waals surface area contributed by atoms with Crippen molar-refractivity contribution in [3.8, 4) is 6.07 Å². The Morgan fingerprint density at radius 1 is 1.41 bits per heavy atom. The van der Waals surface area contributed by atoms with Gasteiger partial charge in [0.2, 0.25) is 0 Å². The molecule has 1 fully saturated rings. The van der Waals surface area contributed by atoms with Crippen molar-refractivity contribution in [3.05, 3.63) is 35.4 Å². The van der Waals surface area contributed by atoms with E-state index >= 15 is 0 Å². The predicted octanol–water partition coefficient (Wildman–Crippen LogP) is 1.73. The van der Waals surface area contributed by atoms with E-state index in [-0.39, 0.29) is 11.3 Å². The molecular formula is C13H16N2OS. The summed E-state index contributed by atoms with van der Waals surface area (Å²) in [6, 6.07) is 9.77. The molecule has 1 saturated heterocycles. The van der Waals surface area contributed by atoms with Gasteiger partial charge in [-0.15, -0.1) is 0 Å². The molecule has 0 spiro atoms. The van der Waals surface area contributed by atoms with E-state index in [0.717, 1.165) is 18.5 Å². The Bertz CT molecular complexity index is 449. The van der Waals surface area contributed by atoms with E-state index in [9.17, 15) is 4.21 Å². The lowest BCUT2D eigenvalue weighted by molar-refractivity contribution is 0.578. The van der Waals surface area contributed by atoms with Crippen molar-refractivity contribution in [2.24, 2.45) is 0 Å². The summed E-state index contributed by atoms with van der Waals surface area (Å²) in [6.07, 6.45) is 0.958. The van der Waals surface area contributed by atoms with Gasteiger partial charge >= 0.3 is 0 Å². The van der Waals surface area contributed by atoms with E-state index in [0.29, 0.717) is 11.3 Å². The second-order valence-electron chi connectivity index (χ2n) is 4.39. The third-order valence-electron chi connectivity index (χ3n) is 3.16. The summed E-state index contributed by atoms with van der Waals surface area (Å²) >= 11 is 0. The minimum atomic E-state index is -0.768. The van der Waals surface area contributed by atoms with Gasteiger partial charge in [0, 0.05) is 27.8 Å². The number of rotatable bonds is 1. The minimum Gasteiger partial charge on any atom is -0.309 e. The maximum atomic E-state index is 11.9. The molecule has 0 bridgehead atoms. The number of nitrogens with zero attached hydrogens (tertiary/aromatic N) is 1. The zero-order valence-electron chi connectivity index (χ0n) is 9.85. The molecular weight excluding hydrogens is 232 g/mol. The van der Waals surface area contributed by atoms with Crippen LogP contribution in [0.4, 0.5) is 0 Å². The van der Waals surface area contributed by atoms with Crippen molar-refractivity contribution >= 4 is 10.8 Å². The van der Waals surface area contributed by atoms with Crippen LogP contribution in [0.2, 0.25) is 0 Å². The molecule has 1 N–H and O–H groups in total. The average molecular weight is 248 g/mol. The highest BCUT2D eigenvalue weighted by molar-refractivity contribution is 7.85. The first-order chi connectivity index (χ1) is 8.20. The maximum Gasteiger partial charge on any atom is 0.0991 e. The Kier molecular flexibility index (Phi) is 3.93. The molecule has 3 nitrogen and oxygen atoms in total. The topological polar surface area (TPSA) is 52.9 Å². The first-order valence-corrected chi connectivity index (χ1v) is 7.19. The molecule has 17 heavy (non-hydrogen) atoms. The van der Waals surface area contributed by atoms with Gasteiger partial charge in [-0.05, 0) is 30.7 Å². The summed E-state index contributed by atoms with van der Waals surface area (Å²) in [6.45, 7) is 2.94. The van der Waals surface area contributed by atoms with Crippen molar-refractivity contribution in [2.45, 2.75) is 24.6 Å². The van der Waals surface area contributed by atoms with E-state index in [1.807, 2.05) is 31.2 Å². The van der Waals surface area contributed by atoms with Gasteiger partial charge in [-0.2, -0.15) is 5.26 Å². The Morgan fingerprint density at radius 3 is 2.76 bits per heavy atom. The van der Waals surface area contributed by atoms with Crippen LogP contribution in [0.15, 0.2) is 24.3 Å². The van der Waals surface area contributed by atoms with Gasteiger partial charge in [-0.3, -0.25) is 4.21 Å². The monoisotopic (exact) mass is 248 g/mol. The van der Waals surface area contributed by atoms with E-state index in [4.69, 9.17) is 5.26 Å². The summed E-state index contributed by atoms with van der Waals surface area (Å²) in [5, 5.41) is 12.4. The van der Waals surface area contributed by atoms with Gasteiger partial charge in [0.15, 0.2) is 0 Å². The molecule has 0 amide bonds. The number of hydrogen-bond donors (Lipinski definition) is 1. The Balaban J connectivity index is 2.15. The summed E-state index contributed by atoms with van der Waals surface area (Å²) in [7, 11) is -0.768. The van der Waals surface area contributed by atoms with Crippen LogP contribution in [0.5, 0.6) is 0 Å². The van der Waals surface area contributed by atoms with Crippen LogP contribution in [0.25, 0.3) is 0 Å². The Hall–Kier alpha value is -1.18. The summed E-state index contributed by atoms with van der Waals surface area (Å²) in [5.41, 5.74) is 1.78. The second-order valence-corrected chi connectivity index (χ2v) is 6.29. The van der Waals surface area contributed by atoms with Gasteiger partial charge < -0.3 is 5.32 Å². The predicted molar refractivity (Wildman–Crippen MR) is 69.0 cm³/mol. The fraction of sp³-hybridized carbons (Fsp3) is 0.462.